The molecule has 6 rings (SSSR count). The summed E-state index contributed by atoms with van der Waals surface area (Å²) in [5.74, 6) is 0.713. The molecule has 0 fully saturated rings. The van der Waals surface area contributed by atoms with Crippen molar-refractivity contribution in [2.75, 3.05) is 0 Å². The monoisotopic (exact) mass is 584 g/mol. The van der Waals surface area contributed by atoms with Gasteiger partial charge in [-0.15, -0.1) is 5.10 Å². The summed E-state index contributed by atoms with van der Waals surface area (Å²) in [6.07, 6.45) is 3.77. The lowest BCUT2D eigenvalue weighted by atomic mass is 10.0. The molecule has 214 valence electrons. The van der Waals surface area contributed by atoms with E-state index in [2.05, 4.69) is 25.5 Å². The number of benzene rings is 2. The van der Waals surface area contributed by atoms with Crippen molar-refractivity contribution in [2.45, 2.75) is 51.7 Å². The Kier molecular flexibility index (Phi) is 6.90. The van der Waals surface area contributed by atoms with E-state index in [4.69, 9.17) is 11.6 Å². The molecule has 0 spiro atoms. The number of amides is 1. The van der Waals surface area contributed by atoms with Crippen molar-refractivity contribution in [3.05, 3.63) is 99.6 Å². The summed E-state index contributed by atoms with van der Waals surface area (Å²) in [7, 11) is 0. The van der Waals surface area contributed by atoms with Crippen LogP contribution in [0, 0.1) is 0 Å². The Morgan fingerprint density at radius 2 is 1.90 bits per heavy atom. The Morgan fingerprint density at radius 1 is 1.12 bits per heavy atom. The molecule has 1 aliphatic heterocycles. The first-order valence-electron chi connectivity index (χ1n) is 13.5. The van der Waals surface area contributed by atoms with Crippen molar-refractivity contribution in [3.8, 4) is 28.1 Å². The van der Waals surface area contributed by atoms with Crippen LogP contribution in [0.4, 0.5) is 4.79 Å². The number of nitrogens with zero attached hydrogens (tertiary/aromatic N) is 7. The van der Waals surface area contributed by atoms with E-state index in [0.717, 1.165) is 45.7 Å². The zero-order valence-corrected chi connectivity index (χ0v) is 24.1. The van der Waals surface area contributed by atoms with Crippen LogP contribution in [0.5, 0.6) is 0 Å². The van der Waals surface area contributed by atoms with Gasteiger partial charge in [-0.2, -0.15) is 4.68 Å². The van der Waals surface area contributed by atoms with E-state index >= 15 is 0 Å². The van der Waals surface area contributed by atoms with Crippen LogP contribution in [-0.2, 0) is 13.0 Å². The molecule has 12 heteroatoms. The van der Waals surface area contributed by atoms with Crippen molar-refractivity contribution in [2.24, 2.45) is 0 Å². The van der Waals surface area contributed by atoms with E-state index in [0.29, 0.717) is 23.8 Å². The second-order valence-electron chi connectivity index (χ2n) is 11.3. The average molecular weight is 585 g/mol. The number of hydrogen-bond donors (Lipinski definition) is 2. The molecule has 2 N–H and O–H groups in total. The summed E-state index contributed by atoms with van der Waals surface area (Å²) < 4.78 is 3.34. The quantitative estimate of drug-likeness (QED) is 0.275. The molecule has 4 heterocycles. The lowest BCUT2D eigenvalue weighted by Gasteiger charge is -2.33. The van der Waals surface area contributed by atoms with Gasteiger partial charge in [-0.05, 0) is 85.0 Å². The Morgan fingerprint density at radius 3 is 2.60 bits per heavy atom. The van der Waals surface area contributed by atoms with Gasteiger partial charge in [0.25, 0.3) is 5.56 Å². The van der Waals surface area contributed by atoms with Crippen LogP contribution in [0.3, 0.4) is 0 Å². The number of nitrogens with one attached hydrogen (secondary N) is 1. The van der Waals surface area contributed by atoms with Gasteiger partial charge in [-0.25, -0.2) is 9.78 Å². The maximum Gasteiger partial charge on any atom is 0.408 e. The maximum atomic E-state index is 13.5. The standard InChI is InChI=1S/C30H29ClN8O3/c1-30(2,3)37(29(41)42)16-18-4-6-19(7-5-18)24-15-32-28(34-24)26-11-9-22-12-20(13-27(40)39(22)26)23-14-21(31)8-10-25(23)38-17-33-35-36-38/h4-8,10,12-15,17,26H,9,11,16H2,1-3H3,(H,32,34)(H,41,42)/t26-/m0/s1. The first-order valence-corrected chi connectivity index (χ1v) is 13.9. The number of aromatic nitrogens is 7. The van der Waals surface area contributed by atoms with Crippen LogP contribution >= 0.6 is 11.6 Å². The number of imidazole rings is 1. The third-order valence-corrected chi connectivity index (χ3v) is 7.79. The van der Waals surface area contributed by atoms with Gasteiger partial charge in [0.1, 0.15) is 12.2 Å². The number of fused-ring (bicyclic) bond motifs is 1. The van der Waals surface area contributed by atoms with Gasteiger partial charge in [-0.3, -0.25) is 9.69 Å². The number of carbonyl (C=O) groups is 1. The molecule has 0 saturated heterocycles. The second kappa shape index (κ2) is 10.6. The van der Waals surface area contributed by atoms with Gasteiger partial charge < -0.3 is 14.7 Å². The number of H-pyrrole nitrogens is 1. The van der Waals surface area contributed by atoms with Crippen LogP contribution in [-0.4, -0.2) is 56.4 Å². The summed E-state index contributed by atoms with van der Waals surface area (Å²) in [6.45, 7) is 5.92. The Bertz CT molecular complexity index is 1820. The molecule has 1 amide bonds. The Labute approximate surface area is 246 Å². The minimum atomic E-state index is -0.954. The molecule has 2 aromatic carbocycles. The third kappa shape index (κ3) is 5.18. The minimum absolute atomic E-state index is 0.128. The Hall–Kier alpha value is -4.77. The number of pyridine rings is 1. The highest BCUT2D eigenvalue weighted by molar-refractivity contribution is 6.31. The summed E-state index contributed by atoms with van der Waals surface area (Å²) in [5, 5.41) is 21.6. The number of carboxylic acid groups (broad SMARTS) is 1. The van der Waals surface area contributed by atoms with E-state index in [9.17, 15) is 14.7 Å². The SMILES string of the molecule is CC(C)(C)N(Cc1ccc(-c2cnc([C@@H]3CCc4cc(-c5cc(Cl)ccc5-n5cnnn5)cc(=O)n43)[nH]2)cc1)C(=O)O. The molecular weight excluding hydrogens is 556 g/mol. The summed E-state index contributed by atoms with van der Waals surface area (Å²) >= 11 is 6.32. The maximum absolute atomic E-state index is 13.5. The van der Waals surface area contributed by atoms with Crippen LogP contribution < -0.4 is 5.56 Å². The van der Waals surface area contributed by atoms with Crippen LogP contribution in [0.2, 0.25) is 5.02 Å². The van der Waals surface area contributed by atoms with Crippen molar-refractivity contribution in [1.29, 1.82) is 0 Å². The van der Waals surface area contributed by atoms with Gasteiger partial charge in [-0.1, -0.05) is 35.9 Å². The topological polar surface area (TPSA) is 135 Å². The van der Waals surface area contributed by atoms with Gasteiger partial charge >= 0.3 is 6.09 Å². The zero-order chi connectivity index (χ0) is 29.6. The van der Waals surface area contributed by atoms with E-state index in [1.807, 2.05) is 63.2 Å². The highest BCUT2D eigenvalue weighted by Crippen LogP contribution is 2.34. The minimum Gasteiger partial charge on any atom is -0.465 e. The molecule has 0 bridgehead atoms. The highest BCUT2D eigenvalue weighted by atomic mass is 35.5. The number of rotatable bonds is 6. The Balaban J connectivity index is 1.26. The largest absolute Gasteiger partial charge is 0.465 e. The van der Waals surface area contributed by atoms with E-state index in [1.54, 1.807) is 27.6 Å². The van der Waals surface area contributed by atoms with Crippen molar-refractivity contribution in [1.82, 2.24) is 39.6 Å². The lowest BCUT2D eigenvalue weighted by Crippen LogP contribution is -2.44. The molecular formula is C30H29ClN8O3. The first kappa shape index (κ1) is 27.4. The van der Waals surface area contributed by atoms with E-state index < -0.39 is 11.6 Å². The van der Waals surface area contributed by atoms with Crippen molar-refractivity contribution >= 4 is 17.7 Å². The normalized spacial score (nSPS) is 14.6. The molecule has 11 nitrogen and oxygen atoms in total. The summed E-state index contributed by atoms with van der Waals surface area (Å²) in [5.41, 5.74) is 5.14. The van der Waals surface area contributed by atoms with Gasteiger partial charge in [0.05, 0.1) is 23.6 Å². The lowest BCUT2D eigenvalue weighted by molar-refractivity contribution is 0.0955. The molecule has 5 aromatic rings. The number of aryl methyl sites for hydroxylation is 1. The zero-order valence-electron chi connectivity index (χ0n) is 23.3. The predicted octanol–water partition coefficient (Wildman–Crippen LogP) is 5.35. The fraction of sp³-hybridized carbons (Fsp3) is 0.267. The molecule has 3 aromatic heterocycles. The highest BCUT2D eigenvalue weighted by Gasteiger charge is 2.29. The van der Waals surface area contributed by atoms with Crippen molar-refractivity contribution < 1.29 is 9.90 Å². The average Bonchev–Trinajstić information content (AvgIpc) is 3.72. The van der Waals surface area contributed by atoms with E-state index in [-0.39, 0.29) is 11.6 Å². The molecule has 42 heavy (non-hydrogen) atoms. The van der Waals surface area contributed by atoms with Crippen LogP contribution in [0.15, 0.2) is 71.9 Å². The van der Waals surface area contributed by atoms with Gasteiger partial charge in [0.2, 0.25) is 0 Å². The summed E-state index contributed by atoms with van der Waals surface area (Å²) in [6, 6.07) is 16.5. The number of tetrazole rings is 1. The number of aromatic amines is 1. The summed E-state index contributed by atoms with van der Waals surface area (Å²) in [4.78, 5) is 34.7. The van der Waals surface area contributed by atoms with E-state index in [1.165, 1.54) is 11.2 Å². The van der Waals surface area contributed by atoms with Crippen molar-refractivity contribution in [3.63, 3.8) is 0 Å². The number of hydrogen-bond acceptors (Lipinski definition) is 6. The predicted molar refractivity (Wildman–Crippen MR) is 158 cm³/mol. The smallest absolute Gasteiger partial charge is 0.408 e. The fourth-order valence-electron chi connectivity index (χ4n) is 5.44. The fourth-order valence-corrected chi connectivity index (χ4v) is 5.61. The van der Waals surface area contributed by atoms with Gasteiger partial charge in [0, 0.05) is 34.4 Å². The molecule has 1 atom stereocenters. The third-order valence-electron chi connectivity index (χ3n) is 7.56. The first-order chi connectivity index (χ1) is 20.1. The molecule has 0 unspecified atom stereocenters. The number of halogens is 1. The van der Waals surface area contributed by atoms with Crippen LogP contribution in [0.1, 0.15) is 50.3 Å². The molecule has 1 aliphatic rings. The second-order valence-corrected chi connectivity index (χ2v) is 11.8. The molecule has 0 saturated carbocycles. The molecule has 0 aliphatic carbocycles. The molecule has 0 radical (unpaired) electrons. The van der Waals surface area contributed by atoms with Gasteiger partial charge in [0.15, 0.2) is 0 Å². The van der Waals surface area contributed by atoms with Crippen LogP contribution in [0.25, 0.3) is 28.1 Å².